The van der Waals surface area contributed by atoms with Crippen LogP contribution in [0.2, 0.25) is 0 Å². The van der Waals surface area contributed by atoms with Crippen molar-refractivity contribution in [2.45, 2.75) is 0 Å². The number of nitrogens with one attached hydrogen (secondary N) is 1. The second-order valence-corrected chi connectivity index (χ2v) is 2.03. The Morgan fingerprint density at radius 1 is 1.40 bits per heavy atom. The van der Waals surface area contributed by atoms with Gasteiger partial charge in [-0.15, -0.1) is 0 Å². The molecule has 0 saturated heterocycles. The van der Waals surface area contributed by atoms with Gasteiger partial charge in [-0.1, -0.05) is 0 Å². The fourth-order valence-electron chi connectivity index (χ4n) is 0.926. The topological polar surface area (TPSA) is 28.7 Å². The molecule has 0 fully saturated rings. The molecule has 0 spiro atoms. The van der Waals surface area contributed by atoms with Crippen molar-refractivity contribution in [1.29, 1.82) is 0 Å². The molecule has 0 aromatic carbocycles. The molecule has 0 aliphatic rings. The number of hydrogen-bond donors (Lipinski definition) is 1. The molecule has 0 radical (unpaired) electrons. The van der Waals surface area contributed by atoms with Crippen LogP contribution in [0.15, 0.2) is 24.5 Å². The molecule has 10 heavy (non-hydrogen) atoms. The van der Waals surface area contributed by atoms with Crippen molar-refractivity contribution in [2.24, 2.45) is 0 Å². The molecule has 3 heteroatoms. The van der Waals surface area contributed by atoms with E-state index in [9.17, 15) is 4.39 Å². The van der Waals surface area contributed by atoms with E-state index < -0.39 is 0 Å². The Kier molecular flexibility index (Phi) is 0.974. The van der Waals surface area contributed by atoms with Crippen LogP contribution >= 0.6 is 0 Å². The van der Waals surface area contributed by atoms with Gasteiger partial charge in [0.15, 0.2) is 0 Å². The zero-order chi connectivity index (χ0) is 6.97. The van der Waals surface area contributed by atoms with Gasteiger partial charge < -0.3 is 4.98 Å². The SMILES string of the molecule is Fc1ccnc2cc[nH]c12. The summed E-state index contributed by atoms with van der Waals surface area (Å²) >= 11 is 0. The van der Waals surface area contributed by atoms with E-state index in [1.807, 2.05) is 0 Å². The van der Waals surface area contributed by atoms with Gasteiger partial charge in [0.1, 0.15) is 11.3 Å². The number of hydrogen-bond acceptors (Lipinski definition) is 1. The summed E-state index contributed by atoms with van der Waals surface area (Å²) in [6.45, 7) is 0. The van der Waals surface area contributed by atoms with E-state index in [0.717, 1.165) is 0 Å². The highest BCUT2D eigenvalue weighted by Gasteiger charge is 1.98. The van der Waals surface area contributed by atoms with Crippen LogP contribution in [-0.2, 0) is 0 Å². The molecule has 0 atom stereocenters. The standard InChI is InChI=1S/C7H5FN2/c8-5-1-3-9-6-2-4-10-7(5)6/h1-4,10H. The Balaban J connectivity index is 2.95. The third-order valence-electron chi connectivity index (χ3n) is 1.40. The van der Waals surface area contributed by atoms with E-state index in [-0.39, 0.29) is 5.82 Å². The first-order valence-electron chi connectivity index (χ1n) is 2.95. The first kappa shape index (κ1) is 5.41. The molecule has 0 unspecified atom stereocenters. The molecular formula is C7H5FN2. The molecule has 2 rings (SSSR count). The van der Waals surface area contributed by atoms with Crippen molar-refractivity contribution >= 4 is 11.0 Å². The maximum absolute atomic E-state index is 12.7. The largest absolute Gasteiger partial charge is 0.357 e. The molecule has 0 saturated carbocycles. The van der Waals surface area contributed by atoms with Gasteiger partial charge in [-0.2, -0.15) is 0 Å². The number of rotatable bonds is 0. The molecule has 0 bridgehead atoms. The average Bonchev–Trinajstić information content (AvgIpc) is 2.36. The van der Waals surface area contributed by atoms with Crippen molar-refractivity contribution in [3.8, 4) is 0 Å². The summed E-state index contributed by atoms with van der Waals surface area (Å²) in [4.78, 5) is 6.68. The van der Waals surface area contributed by atoms with Crippen molar-refractivity contribution in [1.82, 2.24) is 9.97 Å². The highest BCUT2D eigenvalue weighted by molar-refractivity contribution is 5.74. The van der Waals surface area contributed by atoms with Gasteiger partial charge in [0, 0.05) is 12.4 Å². The molecule has 0 aliphatic heterocycles. The number of fused-ring (bicyclic) bond motifs is 1. The summed E-state index contributed by atoms with van der Waals surface area (Å²) in [5.74, 6) is -0.255. The summed E-state index contributed by atoms with van der Waals surface area (Å²) in [5, 5.41) is 0. The minimum absolute atomic E-state index is 0.255. The van der Waals surface area contributed by atoms with E-state index in [1.54, 1.807) is 12.3 Å². The summed E-state index contributed by atoms with van der Waals surface area (Å²) in [6.07, 6.45) is 3.12. The number of aromatic amines is 1. The number of pyridine rings is 1. The van der Waals surface area contributed by atoms with Gasteiger partial charge in [0.2, 0.25) is 0 Å². The monoisotopic (exact) mass is 136 g/mol. The molecule has 2 nitrogen and oxygen atoms in total. The van der Waals surface area contributed by atoms with Crippen molar-refractivity contribution in [3.05, 3.63) is 30.3 Å². The molecule has 0 aliphatic carbocycles. The molecule has 2 heterocycles. The number of halogens is 1. The van der Waals surface area contributed by atoms with Crippen molar-refractivity contribution in [2.75, 3.05) is 0 Å². The number of aromatic nitrogens is 2. The van der Waals surface area contributed by atoms with Gasteiger partial charge in [-0.25, -0.2) is 4.39 Å². The van der Waals surface area contributed by atoms with Crippen LogP contribution in [-0.4, -0.2) is 9.97 Å². The Morgan fingerprint density at radius 2 is 2.30 bits per heavy atom. The first-order chi connectivity index (χ1) is 4.88. The molecule has 0 amide bonds. The Morgan fingerprint density at radius 3 is 3.10 bits per heavy atom. The lowest BCUT2D eigenvalue weighted by molar-refractivity contribution is 0.636. The normalized spacial score (nSPS) is 10.5. The summed E-state index contributed by atoms with van der Waals surface area (Å²) < 4.78 is 12.7. The second kappa shape index (κ2) is 1.80. The fourth-order valence-corrected chi connectivity index (χ4v) is 0.926. The molecular weight excluding hydrogens is 131 g/mol. The predicted octanol–water partition coefficient (Wildman–Crippen LogP) is 1.70. The summed E-state index contributed by atoms with van der Waals surface area (Å²) in [6, 6.07) is 3.07. The lowest BCUT2D eigenvalue weighted by Crippen LogP contribution is -1.78. The van der Waals surface area contributed by atoms with E-state index in [0.29, 0.717) is 11.0 Å². The maximum Gasteiger partial charge on any atom is 0.150 e. The predicted molar refractivity (Wildman–Crippen MR) is 36.1 cm³/mol. The van der Waals surface area contributed by atoms with Crippen LogP contribution < -0.4 is 0 Å². The van der Waals surface area contributed by atoms with Crippen LogP contribution in [0.25, 0.3) is 11.0 Å². The highest BCUT2D eigenvalue weighted by Crippen LogP contribution is 2.11. The Bertz CT molecular complexity index is 353. The van der Waals surface area contributed by atoms with E-state index >= 15 is 0 Å². The fraction of sp³-hybridized carbons (Fsp3) is 0. The molecule has 50 valence electrons. The molecule has 2 aromatic heterocycles. The number of H-pyrrole nitrogens is 1. The van der Waals surface area contributed by atoms with E-state index in [2.05, 4.69) is 9.97 Å². The minimum atomic E-state index is -0.255. The third-order valence-corrected chi connectivity index (χ3v) is 1.40. The lowest BCUT2D eigenvalue weighted by Gasteiger charge is -1.88. The van der Waals surface area contributed by atoms with Crippen LogP contribution in [0.4, 0.5) is 4.39 Å². The zero-order valence-electron chi connectivity index (χ0n) is 5.13. The smallest absolute Gasteiger partial charge is 0.150 e. The van der Waals surface area contributed by atoms with Crippen LogP contribution in [0.1, 0.15) is 0 Å². The summed E-state index contributed by atoms with van der Waals surface area (Å²) in [5.41, 5.74) is 1.14. The van der Waals surface area contributed by atoms with Gasteiger partial charge in [-0.3, -0.25) is 4.98 Å². The van der Waals surface area contributed by atoms with Crippen molar-refractivity contribution < 1.29 is 4.39 Å². The maximum atomic E-state index is 12.7. The zero-order valence-corrected chi connectivity index (χ0v) is 5.13. The second-order valence-electron chi connectivity index (χ2n) is 2.03. The Labute approximate surface area is 56.7 Å². The first-order valence-corrected chi connectivity index (χ1v) is 2.95. The minimum Gasteiger partial charge on any atom is -0.357 e. The Hall–Kier alpha value is -1.38. The summed E-state index contributed by atoms with van der Waals surface area (Å²) in [7, 11) is 0. The third kappa shape index (κ3) is 0.603. The highest BCUT2D eigenvalue weighted by atomic mass is 19.1. The van der Waals surface area contributed by atoms with Crippen LogP contribution in [0.5, 0.6) is 0 Å². The average molecular weight is 136 g/mol. The van der Waals surface area contributed by atoms with Gasteiger partial charge >= 0.3 is 0 Å². The lowest BCUT2D eigenvalue weighted by atomic mass is 10.4. The van der Waals surface area contributed by atoms with Gasteiger partial charge in [-0.05, 0) is 12.1 Å². The van der Waals surface area contributed by atoms with Crippen LogP contribution in [0, 0.1) is 5.82 Å². The molecule has 1 N–H and O–H groups in total. The van der Waals surface area contributed by atoms with Crippen molar-refractivity contribution in [3.63, 3.8) is 0 Å². The quantitative estimate of drug-likeness (QED) is 0.586. The van der Waals surface area contributed by atoms with Crippen LogP contribution in [0.3, 0.4) is 0 Å². The number of nitrogens with zero attached hydrogens (tertiary/aromatic N) is 1. The van der Waals surface area contributed by atoms with Gasteiger partial charge in [0.05, 0.1) is 5.52 Å². The molecule has 2 aromatic rings. The van der Waals surface area contributed by atoms with E-state index in [1.165, 1.54) is 12.3 Å². The van der Waals surface area contributed by atoms with E-state index in [4.69, 9.17) is 0 Å². The van der Waals surface area contributed by atoms with Gasteiger partial charge in [0.25, 0.3) is 0 Å².